The fourth-order valence-electron chi connectivity index (χ4n) is 1.28. The van der Waals surface area contributed by atoms with Gasteiger partial charge in [-0.05, 0) is 34.3 Å². The van der Waals surface area contributed by atoms with Crippen LogP contribution < -0.4 is 5.73 Å². The Bertz CT molecular complexity index is 339. The van der Waals surface area contributed by atoms with Crippen LogP contribution in [0.3, 0.4) is 0 Å². The maximum absolute atomic E-state index is 13.4. The molecule has 0 spiro atoms. The molecule has 0 unspecified atom stereocenters. The molecule has 0 aliphatic heterocycles. The highest BCUT2D eigenvalue weighted by Crippen LogP contribution is 2.28. The first-order valence-corrected chi connectivity index (χ1v) is 5.30. The molecule has 2 N–H and O–H groups in total. The Morgan fingerprint density at radius 1 is 1.50 bits per heavy atom. The number of hydrogen-bond acceptors (Lipinski definition) is 2. The van der Waals surface area contributed by atoms with Crippen molar-refractivity contribution in [1.82, 2.24) is 4.98 Å². The lowest BCUT2D eigenvalue weighted by molar-refractivity contribution is 0.469. The lowest BCUT2D eigenvalue weighted by atomic mass is 9.95. The number of rotatable bonds is 2. The first-order valence-electron chi connectivity index (χ1n) is 4.51. The van der Waals surface area contributed by atoms with Crippen molar-refractivity contribution < 1.29 is 4.39 Å². The van der Waals surface area contributed by atoms with E-state index in [0.29, 0.717) is 5.56 Å². The van der Waals surface area contributed by atoms with E-state index in [0.717, 1.165) is 10.0 Å². The molecule has 1 rings (SSSR count). The summed E-state index contributed by atoms with van der Waals surface area (Å²) in [6, 6.07) is -0.306. The van der Waals surface area contributed by atoms with Gasteiger partial charge in [-0.1, -0.05) is 13.8 Å². The van der Waals surface area contributed by atoms with Crippen molar-refractivity contribution in [2.45, 2.75) is 26.8 Å². The van der Waals surface area contributed by atoms with Crippen LogP contribution in [0.1, 0.15) is 31.0 Å². The van der Waals surface area contributed by atoms with Gasteiger partial charge in [0.2, 0.25) is 5.95 Å². The van der Waals surface area contributed by atoms with Crippen molar-refractivity contribution in [3.05, 3.63) is 27.7 Å². The summed E-state index contributed by atoms with van der Waals surface area (Å²) in [4.78, 5) is 3.65. The van der Waals surface area contributed by atoms with Gasteiger partial charge in [-0.15, -0.1) is 0 Å². The third-order valence-corrected chi connectivity index (χ3v) is 3.13. The lowest BCUT2D eigenvalue weighted by Crippen LogP contribution is -2.20. The molecule has 1 atom stereocenters. The van der Waals surface area contributed by atoms with E-state index >= 15 is 0 Å². The highest BCUT2D eigenvalue weighted by atomic mass is 79.9. The number of nitrogens with two attached hydrogens (primary N) is 1. The van der Waals surface area contributed by atoms with Gasteiger partial charge < -0.3 is 5.73 Å². The van der Waals surface area contributed by atoms with Gasteiger partial charge in [-0.25, -0.2) is 4.98 Å². The minimum atomic E-state index is -0.466. The van der Waals surface area contributed by atoms with Gasteiger partial charge in [0.15, 0.2) is 0 Å². The van der Waals surface area contributed by atoms with Gasteiger partial charge in [0, 0.05) is 22.3 Å². The van der Waals surface area contributed by atoms with Crippen LogP contribution in [0.2, 0.25) is 0 Å². The van der Waals surface area contributed by atoms with Crippen LogP contribution in [-0.4, -0.2) is 4.98 Å². The fraction of sp³-hybridized carbons (Fsp3) is 0.500. The van der Waals surface area contributed by atoms with Crippen LogP contribution in [0, 0.1) is 18.8 Å². The zero-order chi connectivity index (χ0) is 10.9. The number of hydrogen-bond donors (Lipinski definition) is 1. The van der Waals surface area contributed by atoms with E-state index < -0.39 is 5.95 Å². The third-order valence-electron chi connectivity index (χ3n) is 2.33. The summed E-state index contributed by atoms with van der Waals surface area (Å²) < 4.78 is 14.2. The second-order valence-corrected chi connectivity index (χ2v) is 4.56. The summed E-state index contributed by atoms with van der Waals surface area (Å²) in [6.45, 7) is 5.77. The topological polar surface area (TPSA) is 38.9 Å². The molecule has 4 heteroatoms. The van der Waals surface area contributed by atoms with Crippen LogP contribution >= 0.6 is 15.9 Å². The maximum atomic E-state index is 13.4. The standard InChI is InChI=1S/C10H14BrFN2/c1-5(2)9(13)8-6(3)7(11)4-14-10(8)12/h4-5,9H,13H2,1-3H3/t9-/m0/s1. The van der Waals surface area contributed by atoms with Crippen molar-refractivity contribution in [3.8, 4) is 0 Å². The Labute approximate surface area is 91.8 Å². The summed E-state index contributed by atoms with van der Waals surface area (Å²) in [5.74, 6) is -0.272. The molecule has 0 radical (unpaired) electrons. The summed E-state index contributed by atoms with van der Waals surface area (Å²) in [6.07, 6.45) is 1.46. The molecule has 0 aromatic carbocycles. The summed E-state index contributed by atoms with van der Waals surface area (Å²) in [5, 5.41) is 0. The molecule has 0 saturated carbocycles. The van der Waals surface area contributed by atoms with Gasteiger partial charge in [0.25, 0.3) is 0 Å². The molecule has 1 aromatic heterocycles. The van der Waals surface area contributed by atoms with E-state index in [-0.39, 0.29) is 12.0 Å². The van der Waals surface area contributed by atoms with Crippen LogP contribution in [0.15, 0.2) is 10.7 Å². The highest BCUT2D eigenvalue weighted by Gasteiger charge is 2.19. The van der Waals surface area contributed by atoms with Gasteiger partial charge in [0.1, 0.15) is 0 Å². The van der Waals surface area contributed by atoms with E-state index in [1.54, 1.807) is 0 Å². The van der Waals surface area contributed by atoms with Crippen LogP contribution in [0.25, 0.3) is 0 Å². The van der Waals surface area contributed by atoms with E-state index in [9.17, 15) is 4.39 Å². The van der Waals surface area contributed by atoms with Crippen LogP contribution in [0.4, 0.5) is 4.39 Å². The van der Waals surface area contributed by atoms with Crippen LogP contribution in [0.5, 0.6) is 0 Å². The molecule has 78 valence electrons. The molecule has 1 aromatic rings. The van der Waals surface area contributed by atoms with E-state index in [1.165, 1.54) is 6.20 Å². The lowest BCUT2D eigenvalue weighted by Gasteiger charge is -2.19. The number of pyridine rings is 1. The summed E-state index contributed by atoms with van der Waals surface area (Å²) in [7, 11) is 0. The zero-order valence-corrected chi connectivity index (χ0v) is 10.1. The van der Waals surface area contributed by atoms with E-state index in [2.05, 4.69) is 20.9 Å². The second kappa shape index (κ2) is 4.36. The van der Waals surface area contributed by atoms with Gasteiger partial charge in [-0.3, -0.25) is 0 Å². The molecular weight excluding hydrogens is 247 g/mol. The zero-order valence-electron chi connectivity index (χ0n) is 8.51. The summed E-state index contributed by atoms with van der Waals surface area (Å²) >= 11 is 3.31. The molecular formula is C10H14BrFN2. The van der Waals surface area contributed by atoms with Gasteiger partial charge >= 0.3 is 0 Å². The smallest absolute Gasteiger partial charge is 0.217 e. The molecule has 0 amide bonds. The molecule has 1 heterocycles. The maximum Gasteiger partial charge on any atom is 0.217 e. The number of aromatic nitrogens is 1. The minimum absolute atomic E-state index is 0.194. The first-order chi connectivity index (χ1) is 6.45. The average Bonchev–Trinajstić information content (AvgIpc) is 2.12. The Kier molecular flexibility index (Phi) is 3.61. The molecule has 0 aliphatic carbocycles. The fourth-order valence-corrected chi connectivity index (χ4v) is 1.60. The molecule has 0 saturated heterocycles. The van der Waals surface area contributed by atoms with Gasteiger partial charge in [0.05, 0.1) is 0 Å². The normalized spacial score (nSPS) is 13.4. The molecule has 0 fully saturated rings. The van der Waals surface area contributed by atoms with Crippen molar-refractivity contribution >= 4 is 15.9 Å². The molecule has 0 aliphatic rings. The first kappa shape index (κ1) is 11.6. The molecule has 2 nitrogen and oxygen atoms in total. The largest absolute Gasteiger partial charge is 0.324 e. The van der Waals surface area contributed by atoms with Crippen molar-refractivity contribution in [2.75, 3.05) is 0 Å². The Morgan fingerprint density at radius 2 is 2.07 bits per heavy atom. The Morgan fingerprint density at radius 3 is 2.57 bits per heavy atom. The quantitative estimate of drug-likeness (QED) is 0.831. The van der Waals surface area contributed by atoms with Crippen molar-refractivity contribution in [1.29, 1.82) is 0 Å². The van der Waals surface area contributed by atoms with Crippen LogP contribution in [-0.2, 0) is 0 Å². The van der Waals surface area contributed by atoms with Crippen molar-refractivity contribution in [3.63, 3.8) is 0 Å². The SMILES string of the molecule is Cc1c(Br)cnc(F)c1[C@@H](N)C(C)C. The second-order valence-electron chi connectivity index (χ2n) is 3.71. The summed E-state index contributed by atoms with van der Waals surface area (Å²) in [5.41, 5.74) is 7.25. The minimum Gasteiger partial charge on any atom is -0.324 e. The highest BCUT2D eigenvalue weighted by molar-refractivity contribution is 9.10. The third kappa shape index (κ3) is 2.12. The number of nitrogens with zero attached hydrogens (tertiary/aromatic N) is 1. The van der Waals surface area contributed by atoms with E-state index in [1.807, 2.05) is 20.8 Å². The molecule has 14 heavy (non-hydrogen) atoms. The average molecular weight is 261 g/mol. The van der Waals surface area contributed by atoms with Gasteiger partial charge in [-0.2, -0.15) is 4.39 Å². The predicted molar refractivity (Wildman–Crippen MR) is 58.4 cm³/mol. The predicted octanol–water partition coefficient (Wildman–Crippen LogP) is 2.95. The van der Waals surface area contributed by atoms with Crippen molar-refractivity contribution in [2.24, 2.45) is 11.7 Å². The Balaban J connectivity index is 3.25. The monoisotopic (exact) mass is 260 g/mol. The number of halogens is 2. The van der Waals surface area contributed by atoms with E-state index in [4.69, 9.17) is 5.73 Å². The molecule has 0 bridgehead atoms. The Hall–Kier alpha value is -0.480.